The van der Waals surface area contributed by atoms with Crippen molar-refractivity contribution in [1.29, 1.82) is 0 Å². The predicted octanol–water partition coefficient (Wildman–Crippen LogP) is 3.28. The molecule has 1 N–H and O–H groups in total. The Hall–Kier alpha value is -1.24. The fourth-order valence-corrected chi connectivity index (χ4v) is 2.08. The highest BCUT2D eigenvalue weighted by Crippen LogP contribution is 2.12. The van der Waals surface area contributed by atoms with Crippen LogP contribution in [0.15, 0.2) is 42.6 Å². The van der Waals surface area contributed by atoms with E-state index in [-0.39, 0.29) is 0 Å². The van der Waals surface area contributed by atoms with Crippen LogP contribution in [0, 0.1) is 0 Å². The Bertz CT molecular complexity index is 302. The van der Waals surface area contributed by atoms with Gasteiger partial charge in [-0.15, -0.1) is 0 Å². The van der Waals surface area contributed by atoms with Gasteiger partial charge in [0.2, 0.25) is 0 Å². The van der Waals surface area contributed by atoms with Gasteiger partial charge in [0, 0.05) is 6.04 Å². The molecule has 0 aliphatic carbocycles. The average molecular weight is 201 g/mol. The zero-order chi connectivity index (χ0) is 10.3. The summed E-state index contributed by atoms with van der Waals surface area (Å²) in [6, 6.07) is 11.4. The fourth-order valence-electron chi connectivity index (χ4n) is 2.08. The highest BCUT2D eigenvalue weighted by atomic mass is 14.9. The van der Waals surface area contributed by atoms with Crippen LogP contribution >= 0.6 is 0 Å². The molecular formula is C14H19N. The summed E-state index contributed by atoms with van der Waals surface area (Å²) >= 11 is 0. The molecule has 0 bridgehead atoms. The second-order valence-corrected chi connectivity index (χ2v) is 4.24. The van der Waals surface area contributed by atoms with Crippen LogP contribution in [0.1, 0.15) is 31.2 Å². The van der Waals surface area contributed by atoms with E-state index in [1.165, 1.54) is 31.2 Å². The Balaban J connectivity index is 1.92. The maximum atomic E-state index is 3.49. The van der Waals surface area contributed by atoms with Gasteiger partial charge in [-0.3, -0.25) is 0 Å². The van der Waals surface area contributed by atoms with Crippen molar-refractivity contribution in [2.75, 3.05) is 0 Å². The zero-order valence-electron chi connectivity index (χ0n) is 9.15. The van der Waals surface area contributed by atoms with Crippen molar-refractivity contribution in [2.24, 2.45) is 0 Å². The number of rotatable bonds is 2. The lowest BCUT2D eigenvalue weighted by atomic mass is 9.99. The first-order chi connectivity index (χ1) is 7.45. The van der Waals surface area contributed by atoms with Gasteiger partial charge in [0.1, 0.15) is 0 Å². The van der Waals surface area contributed by atoms with Crippen molar-refractivity contribution in [2.45, 2.75) is 38.1 Å². The fraction of sp³-hybridized carbons (Fsp3) is 0.429. The Morgan fingerprint density at radius 2 is 2.00 bits per heavy atom. The van der Waals surface area contributed by atoms with Gasteiger partial charge in [0.15, 0.2) is 0 Å². The van der Waals surface area contributed by atoms with Crippen molar-refractivity contribution < 1.29 is 0 Å². The Morgan fingerprint density at radius 3 is 2.87 bits per heavy atom. The van der Waals surface area contributed by atoms with Crippen LogP contribution in [0.25, 0.3) is 0 Å². The first kappa shape index (κ1) is 10.3. The predicted molar refractivity (Wildman–Crippen MR) is 64.7 cm³/mol. The number of hydrogen-bond acceptors (Lipinski definition) is 1. The molecule has 2 rings (SSSR count). The van der Waals surface area contributed by atoms with E-state index in [4.69, 9.17) is 0 Å². The molecule has 1 atom stereocenters. The van der Waals surface area contributed by atoms with Crippen molar-refractivity contribution in [3.05, 3.63) is 48.2 Å². The van der Waals surface area contributed by atoms with E-state index in [2.05, 4.69) is 47.9 Å². The molecule has 1 unspecified atom stereocenters. The molecule has 15 heavy (non-hydrogen) atoms. The zero-order valence-corrected chi connectivity index (χ0v) is 9.15. The minimum atomic E-state index is 0.615. The van der Waals surface area contributed by atoms with E-state index < -0.39 is 0 Å². The van der Waals surface area contributed by atoms with Gasteiger partial charge in [-0.25, -0.2) is 0 Å². The minimum Gasteiger partial charge on any atom is -0.388 e. The van der Waals surface area contributed by atoms with Crippen molar-refractivity contribution in [1.82, 2.24) is 5.32 Å². The molecule has 1 aliphatic heterocycles. The summed E-state index contributed by atoms with van der Waals surface area (Å²) in [6.07, 6.45) is 10.7. The molecule has 1 aromatic carbocycles. The second kappa shape index (κ2) is 5.59. The number of nitrogens with one attached hydrogen (secondary N) is 1. The lowest BCUT2D eigenvalue weighted by Crippen LogP contribution is -2.27. The van der Waals surface area contributed by atoms with Gasteiger partial charge in [-0.2, -0.15) is 0 Å². The summed E-state index contributed by atoms with van der Waals surface area (Å²) in [5, 5.41) is 3.49. The van der Waals surface area contributed by atoms with Crippen molar-refractivity contribution in [3.63, 3.8) is 0 Å². The van der Waals surface area contributed by atoms with E-state index in [1.54, 1.807) is 0 Å². The molecule has 1 aliphatic rings. The summed E-state index contributed by atoms with van der Waals surface area (Å²) in [4.78, 5) is 0. The maximum absolute atomic E-state index is 3.49. The van der Waals surface area contributed by atoms with Gasteiger partial charge >= 0.3 is 0 Å². The SMILES string of the molecule is C1=CNC(Cc2ccccc2)CCCC1. The van der Waals surface area contributed by atoms with Crippen LogP contribution in [-0.4, -0.2) is 6.04 Å². The van der Waals surface area contributed by atoms with Gasteiger partial charge in [-0.1, -0.05) is 42.8 Å². The van der Waals surface area contributed by atoms with Crippen molar-refractivity contribution in [3.8, 4) is 0 Å². The van der Waals surface area contributed by atoms with Crippen LogP contribution in [-0.2, 0) is 6.42 Å². The molecule has 0 radical (unpaired) electrons. The normalized spacial score (nSPS) is 21.5. The average Bonchev–Trinajstić information content (AvgIpc) is 2.23. The van der Waals surface area contributed by atoms with Crippen LogP contribution < -0.4 is 5.32 Å². The first-order valence-corrected chi connectivity index (χ1v) is 5.90. The van der Waals surface area contributed by atoms with Crippen LogP contribution in [0.2, 0.25) is 0 Å². The van der Waals surface area contributed by atoms with E-state index >= 15 is 0 Å². The molecule has 0 saturated heterocycles. The highest BCUT2D eigenvalue weighted by Gasteiger charge is 2.08. The third-order valence-corrected chi connectivity index (χ3v) is 2.95. The van der Waals surface area contributed by atoms with Crippen LogP contribution in [0.5, 0.6) is 0 Å². The highest BCUT2D eigenvalue weighted by molar-refractivity contribution is 5.16. The maximum Gasteiger partial charge on any atom is 0.0296 e. The standard InChI is InChI=1S/C14H19N/c1-2-7-11-15-14(10-6-1)12-13-8-4-3-5-9-13/h3-5,7-9,11,14-15H,1-2,6,10,12H2. The Labute approximate surface area is 92.2 Å². The van der Waals surface area contributed by atoms with E-state index in [0.29, 0.717) is 6.04 Å². The Morgan fingerprint density at radius 1 is 1.13 bits per heavy atom. The van der Waals surface area contributed by atoms with Crippen LogP contribution in [0.3, 0.4) is 0 Å². The number of allylic oxidation sites excluding steroid dienone is 1. The monoisotopic (exact) mass is 201 g/mol. The topological polar surface area (TPSA) is 12.0 Å². The molecule has 1 heterocycles. The van der Waals surface area contributed by atoms with E-state index in [1.807, 2.05) is 0 Å². The molecule has 0 spiro atoms. The third kappa shape index (κ3) is 3.43. The molecule has 1 heteroatoms. The number of hydrogen-bond donors (Lipinski definition) is 1. The van der Waals surface area contributed by atoms with Gasteiger partial charge in [-0.05, 0) is 37.4 Å². The van der Waals surface area contributed by atoms with Crippen LogP contribution in [0.4, 0.5) is 0 Å². The quantitative estimate of drug-likeness (QED) is 0.774. The first-order valence-electron chi connectivity index (χ1n) is 5.90. The molecule has 80 valence electrons. The lowest BCUT2D eigenvalue weighted by Gasteiger charge is -2.19. The van der Waals surface area contributed by atoms with Gasteiger partial charge < -0.3 is 5.32 Å². The largest absolute Gasteiger partial charge is 0.388 e. The van der Waals surface area contributed by atoms with E-state index in [0.717, 1.165) is 6.42 Å². The molecule has 1 aromatic rings. The molecule has 0 fully saturated rings. The summed E-state index contributed by atoms with van der Waals surface area (Å²) in [5.74, 6) is 0. The van der Waals surface area contributed by atoms with Gasteiger partial charge in [0.25, 0.3) is 0 Å². The second-order valence-electron chi connectivity index (χ2n) is 4.24. The summed E-state index contributed by atoms with van der Waals surface area (Å²) in [7, 11) is 0. The molecule has 0 amide bonds. The lowest BCUT2D eigenvalue weighted by molar-refractivity contribution is 0.498. The molecular weight excluding hydrogens is 182 g/mol. The van der Waals surface area contributed by atoms with E-state index in [9.17, 15) is 0 Å². The summed E-state index contributed by atoms with van der Waals surface area (Å²) in [6.45, 7) is 0. The summed E-state index contributed by atoms with van der Waals surface area (Å²) < 4.78 is 0. The van der Waals surface area contributed by atoms with Gasteiger partial charge in [0.05, 0.1) is 0 Å². The minimum absolute atomic E-state index is 0.615. The number of benzene rings is 1. The molecule has 0 aromatic heterocycles. The molecule has 0 saturated carbocycles. The molecule has 1 nitrogen and oxygen atoms in total. The third-order valence-electron chi connectivity index (χ3n) is 2.95. The van der Waals surface area contributed by atoms with Crippen molar-refractivity contribution >= 4 is 0 Å². The Kier molecular flexibility index (Phi) is 3.84. The smallest absolute Gasteiger partial charge is 0.0296 e. The summed E-state index contributed by atoms with van der Waals surface area (Å²) in [5.41, 5.74) is 1.43.